The zero-order valence-corrected chi connectivity index (χ0v) is 20.7. The van der Waals surface area contributed by atoms with Crippen molar-refractivity contribution in [2.45, 2.75) is 27.3 Å². The first-order valence-electron chi connectivity index (χ1n) is 11.1. The zero-order valence-electron chi connectivity index (χ0n) is 19.9. The highest BCUT2D eigenvalue weighted by molar-refractivity contribution is 5.97. The van der Waals surface area contributed by atoms with E-state index in [1.807, 2.05) is 30.3 Å². The van der Waals surface area contributed by atoms with Gasteiger partial charge in [0, 0.05) is 31.8 Å². The number of benzene rings is 2. The molecule has 2 rings (SSSR count). The van der Waals surface area contributed by atoms with Crippen molar-refractivity contribution in [1.82, 2.24) is 9.80 Å². The third kappa shape index (κ3) is 9.24. The third-order valence-corrected chi connectivity index (χ3v) is 5.49. The first-order valence-corrected chi connectivity index (χ1v) is 11.1. The third-order valence-electron chi connectivity index (χ3n) is 5.49. The summed E-state index contributed by atoms with van der Waals surface area (Å²) in [6.45, 7) is 9.39. The van der Waals surface area contributed by atoms with Crippen LogP contribution in [0.25, 0.3) is 0 Å². The van der Waals surface area contributed by atoms with Crippen LogP contribution in [-0.2, 0) is 16.1 Å². The average molecular weight is 475 g/mol. The summed E-state index contributed by atoms with van der Waals surface area (Å²) in [5, 5.41) is 2.70. The Kier molecular flexibility index (Phi) is 12.2. The Hall–Kier alpha value is -2.90. The molecule has 2 aromatic rings. The lowest BCUT2D eigenvalue weighted by Gasteiger charge is -2.27. The van der Waals surface area contributed by atoms with Crippen LogP contribution in [0.5, 0.6) is 0 Å². The summed E-state index contributed by atoms with van der Waals surface area (Å²) in [7, 11) is 1.76. The van der Waals surface area contributed by atoms with E-state index in [0.29, 0.717) is 24.3 Å². The summed E-state index contributed by atoms with van der Waals surface area (Å²) < 4.78 is 0. The van der Waals surface area contributed by atoms with Gasteiger partial charge in [0.05, 0.1) is 26.2 Å². The van der Waals surface area contributed by atoms with Gasteiger partial charge in [0.1, 0.15) is 6.54 Å². The number of rotatable bonds is 11. The molecule has 0 aliphatic carbocycles. The molecule has 0 saturated carbocycles. The van der Waals surface area contributed by atoms with Crippen molar-refractivity contribution in [1.29, 1.82) is 0 Å². The Labute approximate surface area is 203 Å². The molecule has 0 atom stereocenters. The second kappa shape index (κ2) is 14.3. The van der Waals surface area contributed by atoms with Gasteiger partial charge in [-0.05, 0) is 43.7 Å². The van der Waals surface area contributed by atoms with Crippen molar-refractivity contribution < 1.29 is 31.7 Å². The van der Waals surface area contributed by atoms with Crippen molar-refractivity contribution >= 4 is 23.4 Å². The molecule has 0 aromatic heterocycles. The topological polar surface area (TPSA) is 74.2 Å². The summed E-state index contributed by atoms with van der Waals surface area (Å²) in [6, 6.07) is 16.6. The summed E-state index contributed by atoms with van der Waals surface area (Å²) in [6.07, 6.45) is 0. The van der Waals surface area contributed by atoms with E-state index in [1.54, 1.807) is 41.1 Å². The van der Waals surface area contributed by atoms with E-state index >= 15 is 0 Å². The molecule has 0 unspecified atom stereocenters. The summed E-state index contributed by atoms with van der Waals surface area (Å²) in [5.74, 6) is -0.459. The van der Waals surface area contributed by atoms with Crippen LogP contribution in [0.1, 0.15) is 36.7 Å². The fourth-order valence-electron chi connectivity index (χ4n) is 3.46. The number of halogens is 1. The highest BCUT2D eigenvalue weighted by atomic mass is 35.5. The lowest BCUT2D eigenvalue weighted by molar-refractivity contribution is -0.895. The number of quaternary nitrogens is 1. The van der Waals surface area contributed by atoms with Crippen LogP contribution in [0.15, 0.2) is 54.6 Å². The Morgan fingerprint density at radius 3 is 2.09 bits per heavy atom. The number of amides is 3. The largest absolute Gasteiger partial charge is 1.00 e. The van der Waals surface area contributed by atoms with Gasteiger partial charge in [-0.15, -0.1) is 0 Å². The van der Waals surface area contributed by atoms with Crippen molar-refractivity contribution in [3.8, 4) is 0 Å². The van der Waals surface area contributed by atoms with Gasteiger partial charge in [-0.2, -0.15) is 0 Å². The molecule has 2 aromatic carbocycles. The number of hydrogen-bond donors (Lipinski definition) is 2. The van der Waals surface area contributed by atoms with E-state index in [1.165, 1.54) is 11.8 Å². The molecule has 0 bridgehead atoms. The minimum absolute atomic E-state index is 0. The van der Waals surface area contributed by atoms with E-state index in [4.69, 9.17) is 0 Å². The number of nitrogens with zero attached hydrogens (tertiary/aromatic N) is 2. The van der Waals surface area contributed by atoms with Crippen molar-refractivity contribution in [2.24, 2.45) is 0 Å². The van der Waals surface area contributed by atoms with Gasteiger partial charge in [0.15, 0.2) is 0 Å². The number of nitrogens with one attached hydrogen (secondary N) is 2. The van der Waals surface area contributed by atoms with Gasteiger partial charge in [-0.3, -0.25) is 14.4 Å². The summed E-state index contributed by atoms with van der Waals surface area (Å²) in [4.78, 5) is 42.1. The number of carbonyl (C=O) groups excluding carboxylic acids is 3. The minimum atomic E-state index is -0.188. The zero-order chi connectivity index (χ0) is 23.5. The van der Waals surface area contributed by atoms with Crippen molar-refractivity contribution in [3.05, 3.63) is 65.7 Å². The molecule has 0 spiro atoms. The van der Waals surface area contributed by atoms with Gasteiger partial charge < -0.3 is 32.4 Å². The molecule has 0 saturated heterocycles. The van der Waals surface area contributed by atoms with Gasteiger partial charge in [0.25, 0.3) is 5.91 Å². The molecule has 0 radical (unpaired) electrons. The Morgan fingerprint density at radius 2 is 1.55 bits per heavy atom. The lowest BCUT2D eigenvalue weighted by atomic mass is 10.1. The van der Waals surface area contributed by atoms with Crippen LogP contribution in [-0.4, -0.2) is 67.3 Å². The van der Waals surface area contributed by atoms with Crippen LogP contribution in [0, 0.1) is 0 Å². The molecule has 33 heavy (non-hydrogen) atoms. The maximum atomic E-state index is 13.2. The fourth-order valence-corrected chi connectivity index (χ4v) is 3.46. The maximum absolute atomic E-state index is 13.2. The molecule has 0 aliphatic heterocycles. The van der Waals surface area contributed by atoms with E-state index < -0.39 is 0 Å². The SMILES string of the molecule is CC[NH+](CC)CCN(CC(=O)N(C)Cc1ccccc1)C(=O)c1ccc(NC(C)=O)cc1.[Cl-]. The molecule has 8 heteroatoms. The molecule has 7 nitrogen and oxygen atoms in total. The van der Waals surface area contributed by atoms with Crippen LogP contribution < -0.4 is 22.6 Å². The molecule has 0 aliphatic rings. The monoisotopic (exact) mass is 474 g/mol. The minimum Gasteiger partial charge on any atom is -1.00 e. The molecule has 0 fully saturated rings. The highest BCUT2D eigenvalue weighted by Gasteiger charge is 2.22. The lowest BCUT2D eigenvalue weighted by Crippen LogP contribution is -3.12. The van der Waals surface area contributed by atoms with E-state index in [0.717, 1.165) is 25.2 Å². The molecular formula is C25H35ClN4O3. The molecular weight excluding hydrogens is 440 g/mol. The van der Waals surface area contributed by atoms with Crippen molar-refractivity contribution in [2.75, 3.05) is 45.1 Å². The van der Waals surface area contributed by atoms with E-state index in [2.05, 4.69) is 19.2 Å². The number of hydrogen-bond acceptors (Lipinski definition) is 3. The highest BCUT2D eigenvalue weighted by Crippen LogP contribution is 2.12. The van der Waals surface area contributed by atoms with Crippen LogP contribution in [0.3, 0.4) is 0 Å². The molecule has 3 amide bonds. The van der Waals surface area contributed by atoms with E-state index in [9.17, 15) is 14.4 Å². The summed E-state index contributed by atoms with van der Waals surface area (Å²) in [5.41, 5.74) is 2.17. The predicted molar refractivity (Wildman–Crippen MR) is 126 cm³/mol. The van der Waals surface area contributed by atoms with Gasteiger partial charge >= 0.3 is 0 Å². The van der Waals surface area contributed by atoms with Crippen LogP contribution in [0.2, 0.25) is 0 Å². The second-order valence-electron chi connectivity index (χ2n) is 7.93. The van der Waals surface area contributed by atoms with E-state index in [-0.39, 0.29) is 36.7 Å². The molecule has 180 valence electrons. The normalized spacial score (nSPS) is 10.3. The smallest absolute Gasteiger partial charge is 0.254 e. The Balaban J connectivity index is 0.00000544. The average Bonchev–Trinajstić information content (AvgIpc) is 2.79. The standard InChI is InChI=1S/C25H34N4O3.ClH/c1-5-28(6-2)16-17-29(19-24(31)27(4)18-21-10-8-7-9-11-21)25(32)22-12-14-23(15-13-22)26-20(3)30;/h7-15H,5-6,16-19H2,1-4H3,(H,26,30);1H. The van der Waals surface area contributed by atoms with Crippen LogP contribution >= 0.6 is 0 Å². The quantitative estimate of drug-likeness (QED) is 0.424. The van der Waals surface area contributed by atoms with Gasteiger partial charge in [-0.25, -0.2) is 0 Å². The fraction of sp³-hybridized carbons (Fsp3) is 0.400. The van der Waals surface area contributed by atoms with Crippen molar-refractivity contribution in [3.63, 3.8) is 0 Å². The Morgan fingerprint density at radius 1 is 0.939 bits per heavy atom. The molecule has 0 heterocycles. The Bertz CT molecular complexity index is 886. The number of anilines is 1. The first kappa shape index (κ1) is 28.1. The number of carbonyl (C=O) groups is 3. The maximum Gasteiger partial charge on any atom is 0.254 e. The first-order chi connectivity index (χ1) is 15.3. The summed E-state index contributed by atoms with van der Waals surface area (Å²) >= 11 is 0. The second-order valence-corrected chi connectivity index (χ2v) is 7.93. The van der Waals surface area contributed by atoms with Gasteiger partial charge in [-0.1, -0.05) is 30.3 Å². The number of likely N-dealkylation sites (N-methyl/N-ethyl adjacent to an activating group) is 2. The predicted octanol–water partition coefficient (Wildman–Crippen LogP) is -1.33. The van der Waals surface area contributed by atoms with Crippen LogP contribution in [0.4, 0.5) is 5.69 Å². The van der Waals surface area contributed by atoms with Gasteiger partial charge in [0.2, 0.25) is 11.8 Å². The molecule has 2 N–H and O–H groups in total.